The van der Waals surface area contributed by atoms with Crippen molar-refractivity contribution in [1.82, 2.24) is 4.98 Å². The fourth-order valence-electron chi connectivity index (χ4n) is 2.10. The van der Waals surface area contributed by atoms with E-state index in [1.54, 1.807) is 41.8 Å². The number of hydrogen-bond donors (Lipinski definition) is 2. The van der Waals surface area contributed by atoms with E-state index in [0.29, 0.717) is 21.4 Å². The average molecular weight is 420 g/mol. The van der Waals surface area contributed by atoms with Crippen molar-refractivity contribution in [3.05, 3.63) is 83.0 Å². The maximum absolute atomic E-state index is 12.3. The molecule has 3 rings (SSSR count). The minimum Gasteiger partial charge on any atom is -0.362 e. The summed E-state index contributed by atoms with van der Waals surface area (Å²) in [4.78, 5) is 16.0. The fourth-order valence-corrected chi connectivity index (χ4v) is 4.02. The number of anilines is 2. The minimum atomic E-state index is -3.69. The predicted octanol–water partition coefficient (Wildman–Crippen LogP) is 4.41. The average Bonchev–Trinajstić information content (AvgIpc) is 3.15. The van der Waals surface area contributed by atoms with Crippen molar-refractivity contribution in [3.63, 3.8) is 0 Å². The number of nitrogens with zero attached hydrogens (tertiary/aromatic N) is 1. The number of hydrogen-bond acceptors (Lipinski definition) is 6. The summed E-state index contributed by atoms with van der Waals surface area (Å²) in [5.41, 5.74) is 1.16. The maximum Gasteiger partial charge on any atom is 0.263 e. The van der Waals surface area contributed by atoms with Gasteiger partial charge in [-0.1, -0.05) is 11.6 Å². The maximum atomic E-state index is 12.3. The van der Waals surface area contributed by atoms with Crippen LogP contribution < -0.4 is 10.0 Å². The number of sulfonamides is 1. The Morgan fingerprint density at radius 3 is 2.41 bits per heavy atom. The fraction of sp³-hybridized carbons (Fsp3) is 0. The lowest BCUT2D eigenvalue weighted by Crippen LogP contribution is -2.12. The summed E-state index contributed by atoms with van der Waals surface area (Å²) in [7, 11) is -3.69. The smallest absolute Gasteiger partial charge is 0.263 e. The van der Waals surface area contributed by atoms with Crippen LogP contribution in [0.1, 0.15) is 10.4 Å². The Morgan fingerprint density at radius 2 is 1.78 bits per heavy atom. The first kappa shape index (κ1) is 19.1. The monoisotopic (exact) mass is 419 g/mol. The van der Waals surface area contributed by atoms with Crippen LogP contribution in [0.25, 0.3) is 0 Å². The molecule has 0 unspecified atom stereocenters. The highest BCUT2D eigenvalue weighted by Gasteiger charge is 2.15. The van der Waals surface area contributed by atoms with Gasteiger partial charge in [-0.25, -0.2) is 13.4 Å². The van der Waals surface area contributed by atoms with E-state index < -0.39 is 10.0 Å². The van der Waals surface area contributed by atoms with E-state index in [1.807, 2.05) is 0 Å². The van der Waals surface area contributed by atoms with Gasteiger partial charge in [-0.3, -0.25) is 9.52 Å². The van der Waals surface area contributed by atoms with Gasteiger partial charge in [0.2, 0.25) is 0 Å². The Morgan fingerprint density at radius 1 is 1.07 bits per heavy atom. The van der Waals surface area contributed by atoms with Crippen molar-refractivity contribution in [3.8, 4) is 0 Å². The molecule has 6 nitrogen and oxygen atoms in total. The first-order valence-corrected chi connectivity index (χ1v) is 10.4. The molecule has 1 aromatic heterocycles. The summed E-state index contributed by atoms with van der Waals surface area (Å²) in [6.07, 6.45) is 4.40. The van der Waals surface area contributed by atoms with Gasteiger partial charge >= 0.3 is 0 Å². The van der Waals surface area contributed by atoms with Crippen molar-refractivity contribution in [2.45, 2.75) is 4.90 Å². The third-order valence-electron chi connectivity index (χ3n) is 3.43. The zero-order valence-corrected chi connectivity index (χ0v) is 16.2. The highest BCUT2D eigenvalue weighted by Crippen LogP contribution is 2.19. The molecular formula is C18H14ClN3O3S2. The molecule has 138 valence electrons. The second-order valence-corrected chi connectivity index (χ2v) is 8.33. The summed E-state index contributed by atoms with van der Waals surface area (Å²) in [6.45, 7) is 0. The lowest BCUT2D eigenvalue weighted by atomic mass is 10.1. The van der Waals surface area contributed by atoms with E-state index in [2.05, 4.69) is 15.0 Å². The Kier molecular flexibility index (Phi) is 5.90. The first-order valence-electron chi connectivity index (χ1n) is 7.69. The van der Waals surface area contributed by atoms with E-state index in [-0.39, 0.29) is 10.7 Å². The molecule has 0 aliphatic heterocycles. The molecule has 0 saturated heterocycles. The molecule has 0 aliphatic carbocycles. The zero-order valence-electron chi connectivity index (χ0n) is 13.8. The number of halogens is 1. The third kappa shape index (κ3) is 5.16. The van der Waals surface area contributed by atoms with Gasteiger partial charge in [-0.05, 0) is 48.5 Å². The minimum absolute atomic E-state index is 0.115. The molecule has 0 aliphatic rings. The second kappa shape index (κ2) is 8.34. The molecule has 0 saturated carbocycles. The van der Waals surface area contributed by atoms with Crippen LogP contribution >= 0.6 is 22.9 Å². The van der Waals surface area contributed by atoms with Crippen LogP contribution in [0.5, 0.6) is 0 Å². The standard InChI is InChI=1S/C18H14ClN3O3S2/c19-14-3-1-13(2-4-14)17(23)9-10-20-15-5-7-16(8-6-15)27(24,25)22-18-21-11-12-26-18/h1-12,20H,(H,21,22). The number of nitrogens with one attached hydrogen (secondary N) is 2. The molecule has 2 N–H and O–H groups in total. The van der Waals surface area contributed by atoms with Crippen LogP contribution in [-0.2, 0) is 10.0 Å². The number of carbonyl (C=O) groups excluding carboxylic acids is 1. The Bertz CT molecular complexity index is 1050. The van der Waals surface area contributed by atoms with Crippen molar-refractivity contribution >= 4 is 49.6 Å². The lowest BCUT2D eigenvalue weighted by Gasteiger charge is -2.06. The largest absolute Gasteiger partial charge is 0.362 e. The molecule has 9 heteroatoms. The Labute approximate surface area is 165 Å². The van der Waals surface area contributed by atoms with Gasteiger partial charge in [-0.15, -0.1) is 11.3 Å². The summed E-state index contributed by atoms with van der Waals surface area (Å²) in [5, 5.41) is 5.48. The van der Waals surface area contributed by atoms with Crippen molar-refractivity contribution in [1.29, 1.82) is 0 Å². The lowest BCUT2D eigenvalue weighted by molar-refractivity contribution is 0.104. The molecule has 0 amide bonds. The van der Waals surface area contributed by atoms with Crippen LogP contribution in [0, 0.1) is 0 Å². The van der Waals surface area contributed by atoms with E-state index in [1.165, 1.54) is 41.9 Å². The van der Waals surface area contributed by atoms with Gasteiger partial charge in [0.15, 0.2) is 10.9 Å². The van der Waals surface area contributed by atoms with E-state index in [4.69, 9.17) is 11.6 Å². The van der Waals surface area contributed by atoms with E-state index in [9.17, 15) is 13.2 Å². The SMILES string of the molecule is O=C(C=CNc1ccc(S(=O)(=O)Nc2nccs2)cc1)c1ccc(Cl)cc1. The predicted molar refractivity (Wildman–Crippen MR) is 108 cm³/mol. The normalized spacial score (nSPS) is 11.4. The third-order valence-corrected chi connectivity index (χ3v) is 5.86. The van der Waals surface area contributed by atoms with Gasteiger partial charge in [0.05, 0.1) is 4.90 Å². The van der Waals surface area contributed by atoms with Crippen LogP contribution in [0.15, 0.2) is 77.3 Å². The first-order chi connectivity index (χ1) is 12.9. The molecule has 0 fully saturated rings. The van der Waals surface area contributed by atoms with Gasteiger partial charge in [0.25, 0.3) is 10.0 Å². The number of rotatable bonds is 7. The van der Waals surface area contributed by atoms with Crippen LogP contribution in [-0.4, -0.2) is 19.2 Å². The molecule has 0 bridgehead atoms. The number of ketones is 1. The van der Waals surface area contributed by atoms with E-state index in [0.717, 1.165) is 0 Å². The zero-order chi connectivity index (χ0) is 19.3. The summed E-state index contributed by atoms with van der Waals surface area (Å²) in [5.74, 6) is -0.175. The van der Waals surface area contributed by atoms with Crippen molar-refractivity contribution < 1.29 is 13.2 Å². The molecule has 2 aromatic carbocycles. The van der Waals surface area contributed by atoms with Crippen LogP contribution in [0.3, 0.4) is 0 Å². The van der Waals surface area contributed by atoms with Crippen LogP contribution in [0.4, 0.5) is 10.8 Å². The number of carbonyl (C=O) groups is 1. The van der Waals surface area contributed by atoms with Gasteiger partial charge < -0.3 is 5.32 Å². The van der Waals surface area contributed by atoms with Crippen molar-refractivity contribution in [2.24, 2.45) is 0 Å². The van der Waals surface area contributed by atoms with Gasteiger partial charge in [0, 0.05) is 40.1 Å². The molecule has 27 heavy (non-hydrogen) atoms. The topological polar surface area (TPSA) is 88.2 Å². The molecular weight excluding hydrogens is 406 g/mol. The molecule has 1 heterocycles. The molecule has 3 aromatic rings. The Hall–Kier alpha value is -2.68. The second-order valence-electron chi connectivity index (χ2n) is 5.32. The van der Waals surface area contributed by atoms with Crippen molar-refractivity contribution in [2.75, 3.05) is 10.0 Å². The summed E-state index contributed by atoms with van der Waals surface area (Å²) < 4.78 is 26.9. The van der Waals surface area contributed by atoms with Gasteiger partial charge in [0.1, 0.15) is 0 Å². The highest BCUT2D eigenvalue weighted by atomic mass is 35.5. The van der Waals surface area contributed by atoms with Gasteiger partial charge in [-0.2, -0.15) is 0 Å². The highest BCUT2D eigenvalue weighted by molar-refractivity contribution is 7.93. The number of allylic oxidation sites excluding steroid dienone is 1. The molecule has 0 atom stereocenters. The summed E-state index contributed by atoms with van der Waals surface area (Å²) in [6, 6.07) is 12.7. The van der Waals surface area contributed by atoms with E-state index >= 15 is 0 Å². The number of aromatic nitrogens is 1. The summed E-state index contributed by atoms with van der Waals surface area (Å²) >= 11 is 6.99. The number of benzene rings is 2. The Balaban J connectivity index is 1.62. The molecule has 0 spiro atoms. The number of thiazole rings is 1. The van der Waals surface area contributed by atoms with Crippen LogP contribution in [0.2, 0.25) is 5.02 Å². The molecule has 0 radical (unpaired) electrons. The quantitative estimate of drug-likeness (QED) is 0.437.